The maximum Gasteiger partial charge on any atom is 0.417 e. The molecule has 208 valence electrons. The first kappa shape index (κ1) is 27.5. The van der Waals surface area contributed by atoms with Crippen molar-refractivity contribution in [2.24, 2.45) is 0 Å². The number of hydrogen-bond donors (Lipinski definition) is 2. The molecule has 39 heavy (non-hydrogen) atoms. The third-order valence-electron chi connectivity index (χ3n) is 7.53. The van der Waals surface area contributed by atoms with Crippen LogP contribution in [0.2, 0.25) is 0 Å². The third kappa shape index (κ3) is 5.80. The van der Waals surface area contributed by atoms with E-state index in [2.05, 4.69) is 20.6 Å². The van der Waals surface area contributed by atoms with Crippen molar-refractivity contribution >= 4 is 15.7 Å². The lowest BCUT2D eigenvalue weighted by atomic mass is 9.90. The summed E-state index contributed by atoms with van der Waals surface area (Å²) < 4.78 is 70.4. The first-order valence-corrected chi connectivity index (χ1v) is 14.6. The zero-order chi connectivity index (χ0) is 27.7. The number of benzene rings is 1. The lowest BCUT2D eigenvalue weighted by molar-refractivity contribution is -0.137. The van der Waals surface area contributed by atoms with Crippen molar-refractivity contribution in [2.75, 3.05) is 25.1 Å². The Morgan fingerprint density at radius 1 is 0.974 bits per heavy atom. The Balaban J connectivity index is 1.22. The van der Waals surface area contributed by atoms with Gasteiger partial charge in [0.25, 0.3) is 0 Å². The zero-order valence-electron chi connectivity index (χ0n) is 21.5. The normalized spacial score (nSPS) is 21.2. The number of pyridine rings is 2. The fraction of sp³-hybridized carbons (Fsp3) is 0.429. The summed E-state index contributed by atoms with van der Waals surface area (Å²) in [6.07, 6.45) is 0.229. The van der Waals surface area contributed by atoms with Crippen LogP contribution in [-0.4, -0.2) is 49.4 Å². The molecule has 3 aromatic rings. The van der Waals surface area contributed by atoms with Gasteiger partial charge >= 0.3 is 6.18 Å². The number of sulfone groups is 1. The monoisotopic (exact) mass is 560 g/mol. The van der Waals surface area contributed by atoms with Crippen LogP contribution in [0.15, 0.2) is 65.8 Å². The molecule has 2 aliphatic rings. The molecule has 5 rings (SSSR count). The van der Waals surface area contributed by atoms with Gasteiger partial charge in [0.15, 0.2) is 9.84 Å². The molecule has 0 amide bonds. The molecule has 11 heteroatoms. The highest BCUT2D eigenvalue weighted by atomic mass is 32.2. The average Bonchev–Trinajstić information content (AvgIpc) is 2.91. The molecule has 1 saturated carbocycles. The van der Waals surface area contributed by atoms with E-state index in [-0.39, 0.29) is 16.5 Å². The molecule has 1 aliphatic heterocycles. The molecular weight excluding hydrogens is 529 g/mol. The van der Waals surface area contributed by atoms with E-state index >= 15 is 0 Å². The van der Waals surface area contributed by atoms with Crippen molar-refractivity contribution in [3.63, 3.8) is 0 Å². The van der Waals surface area contributed by atoms with Gasteiger partial charge in [-0.15, -0.1) is 0 Å². The maximum absolute atomic E-state index is 13.4. The molecule has 7 nitrogen and oxygen atoms in total. The summed E-state index contributed by atoms with van der Waals surface area (Å²) >= 11 is 0. The minimum atomic E-state index is -4.43. The van der Waals surface area contributed by atoms with E-state index in [0.717, 1.165) is 35.6 Å². The van der Waals surface area contributed by atoms with Crippen molar-refractivity contribution in [1.29, 1.82) is 0 Å². The van der Waals surface area contributed by atoms with Gasteiger partial charge in [-0.2, -0.15) is 13.2 Å². The molecule has 3 heterocycles. The van der Waals surface area contributed by atoms with Crippen molar-refractivity contribution in [1.82, 2.24) is 15.3 Å². The van der Waals surface area contributed by atoms with Crippen LogP contribution in [0.25, 0.3) is 11.1 Å². The Kier molecular flexibility index (Phi) is 7.67. The van der Waals surface area contributed by atoms with Crippen LogP contribution in [0.4, 0.5) is 19.0 Å². The van der Waals surface area contributed by atoms with E-state index < -0.39 is 26.8 Å². The molecule has 0 atom stereocenters. The van der Waals surface area contributed by atoms with Gasteiger partial charge in [-0.05, 0) is 79.8 Å². The molecule has 0 unspecified atom stereocenters. The van der Waals surface area contributed by atoms with Crippen LogP contribution in [0.1, 0.15) is 43.9 Å². The molecule has 1 saturated heterocycles. The Labute approximate surface area is 226 Å². The van der Waals surface area contributed by atoms with Gasteiger partial charge in [0.1, 0.15) is 11.4 Å². The molecule has 1 aromatic carbocycles. The van der Waals surface area contributed by atoms with Crippen LogP contribution in [-0.2, 0) is 26.3 Å². The highest BCUT2D eigenvalue weighted by Gasteiger charge is 2.41. The first-order valence-electron chi connectivity index (χ1n) is 13.0. The molecule has 0 spiro atoms. The van der Waals surface area contributed by atoms with Gasteiger partial charge in [0.2, 0.25) is 0 Å². The number of aromatic nitrogens is 2. The van der Waals surface area contributed by atoms with Gasteiger partial charge < -0.3 is 15.4 Å². The standard InChI is InChI=1S/C28H31F3N4O3S/c1-2-34-27(17-38-18-27)25-15-20(13-14-32-25)19-3-8-23(9-4-19)39(36,37)24-10-6-22(7-11-24)35-26-12-5-21(16-33-26)28(29,30)31/h3-5,8-9,12-16,22,24,34H,2,6-7,10-11,17-18H2,1H3,(H,33,35). The largest absolute Gasteiger partial charge is 0.417 e. The molecule has 2 N–H and O–H groups in total. The number of halogens is 3. The summed E-state index contributed by atoms with van der Waals surface area (Å²) in [5.41, 5.74) is 1.67. The second kappa shape index (κ2) is 10.9. The van der Waals surface area contributed by atoms with Crippen molar-refractivity contribution in [2.45, 2.75) is 60.5 Å². The molecule has 0 bridgehead atoms. The lowest BCUT2D eigenvalue weighted by Crippen LogP contribution is -2.57. The van der Waals surface area contributed by atoms with Crippen LogP contribution < -0.4 is 10.6 Å². The van der Waals surface area contributed by atoms with Gasteiger partial charge in [-0.1, -0.05) is 19.1 Å². The van der Waals surface area contributed by atoms with Gasteiger partial charge in [0.05, 0.1) is 34.6 Å². The molecule has 1 aliphatic carbocycles. The number of anilines is 1. The second-order valence-corrected chi connectivity index (χ2v) is 12.4. The number of hydrogen-bond acceptors (Lipinski definition) is 7. The second-order valence-electron chi connectivity index (χ2n) is 10.2. The number of nitrogens with one attached hydrogen (secondary N) is 2. The number of nitrogens with zero attached hydrogens (tertiary/aromatic N) is 2. The van der Waals surface area contributed by atoms with E-state index in [1.165, 1.54) is 6.07 Å². The van der Waals surface area contributed by atoms with Crippen LogP contribution in [0.5, 0.6) is 0 Å². The van der Waals surface area contributed by atoms with E-state index in [1.807, 2.05) is 31.2 Å². The number of likely N-dealkylation sites (N-methyl/N-ethyl adjacent to an activating group) is 1. The van der Waals surface area contributed by atoms with Gasteiger partial charge in [-0.3, -0.25) is 4.98 Å². The number of ether oxygens (including phenoxy) is 1. The molecular formula is C28H31F3N4O3S. The van der Waals surface area contributed by atoms with Crippen LogP contribution in [0, 0.1) is 0 Å². The lowest BCUT2D eigenvalue weighted by Gasteiger charge is -2.41. The summed E-state index contributed by atoms with van der Waals surface area (Å²) in [6, 6.07) is 13.2. The van der Waals surface area contributed by atoms with Crippen molar-refractivity contribution < 1.29 is 26.3 Å². The van der Waals surface area contributed by atoms with Crippen LogP contribution in [0.3, 0.4) is 0 Å². The SMILES string of the molecule is CCNC1(c2cc(-c3ccc(S(=O)(=O)C4CCC(Nc5ccc(C(F)(F)F)cn5)CC4)cc3)ccn2)COC1. The summed E-state index contributed by atoms with van der Waals surface area (Å²) in [6.45, 7) is 3.97. The van der Waals surface area contributed by atoms with Crippen LogP contribution >= 0.6 is 0 Å². The van der Waals surface area contributed by atoms with Crippen molar-refractivity contribution in [3.8, 4) is 11.1 Å². The number of rotatable bonds is 8. The highest BCUT2D eigenvalue weighted by molar-refractivity contribution is 7.92. The Morgan fingerprint density at radius 3 is 2.26 bits per heavy atom. The van der Waals surface area contributed by atoms with E-state index in [1.54, 1.807) is 18.3 Å². The highest BCUT2D eigenvalue weighted by Crippen LogP contribution is 2.34. The summed E-state index contributed by atoms with van der Waals surface area (Å²) in [5, 5.41) is 6.10. The van der Waals surface area contributed by atoms with E-state index in [9.17, 15) is 21.6 Å². The van der Waals surface area contributed by atoms with Gasteiger partial charge in [-0.25, -0.2) is 13.4 Å². The Bertz CT molecular complexity index is 1380. The fourth-order valence-electron chi connectivity index (χ4n) is 5.26. The average molecular weight is 561 g/mol. The summed E-state index contributed by atoms with van der Waals surface area (Å²) in [4.78, 5) is 8.70. The van der Waals surface area contributed by atoms with E-state index in [0.29, 0.717) is 44.7 Å². The summed E-state index contributed by atoms with van der Waals surface area (Å²) in [5.74, 6) is 0.352. The predicted molar refractivity (Wildman–Crippen MR) is 142 cm³/mol. The molecule has 0 radical (unpaired) electrons. The molecule has 2 aromatic heterocycles. The Morgan fingerprint density at radius 2 is 1.69 bits per heavy atom. The zero-order valence-corrected chi connectivity index (χ0v) is 22.4. The van der Waals surface area contributed by atoms with Crippen molar-refractivity contribution in [3.05, 3.63) is 72.2 Å². The minimum Gasteiger partial charge on any atom is -0.377 e. The molecule has 2 fully saturated rings. The number of alkyl halides is 3. The third-order valence-corrected chi connectivity index (χ3v) is 9.81. The topological polar surface area (TPSA) is 93.2 Å². The fourth-order valence-corrected chi connectivity index (χ4v) is 7.05. The summed E-state index contributed by atoms with van der Waals surface area (Å²) in [7, 11) is -3.52. The van der Waals surface area contributed by atoms with Gasteiger partial charge in [0, 0.05) is 18.4 Å². The quantitative estimate of drug-likeness (QED) is 0.392. The maximum atomic E-state index is 13.4. The Hall–Kier alpha value is -3.02. The minimum absolute atomic E-state index is 0.0458. The smallest absolute Gasteiger partial charge is 0.377 e. The first-order chi connectivity index (χ1) is 18.6. The van der Waals surface area contributed by atoms with E-state index in [4.69, 9.17) is 4.74 Å². The predicted octanol–water partition coefficient (Wildman–Crippen LogP) is 5.19.